The highest BCUT2D eigenvalue weighted by molar-refractivity contribution is 6.31. The lowest BCUT2D eigenvalue weighted by atomic mass is 9.36. The van der Waals surface area contributed by atoms with Crippen molar-refractivity contribution in [3.63, 3.8) is 0 Å². The first-order valence-electron chi connectivity index (χ1n) is 23.2. The summed E-state index contributed by atoms with van der Waals surface area (Å²) in [7, 11) is 0. The molecule has 0 N–H and O–H groups in total. The minimum absolute atomic E-state index is 0.656. The van der Waals surface area contributed by atoms with Gasteiger partial charge in [-0.3, -0.25) is 9.97 Å². The molecule has 8 aliphatic rings. The summed E-state index contributed by atoms with van der Waals surface area (Å²) >= 11 is 7.01. The molecule has 1 spiro atoms. The monoisotopic (exact) mass is 808 g/mol. The quantitative estimate of drug-likeness (QED) is 0.167. The molecule has 0 saturated heterocycles. The van der Waals surface area contributed by atoms with Gasteiger partial charge in [0.1, 0.15) is 0 Å². The number of hydrogen-bond donors (Lipinski definition) is 0. The normalized spacial score (nSPS) is 29.2. The van der Waals surface area contributed by atoms with E-state index in [2.05, 4.69) is 140 Å². The molecule has 5 aromatic carbocycles. The van der Waals surface area contributed by atoms with Crippen LogP contribution in [0.1, 0.15) is 104 Å². The average molecular weight is 809 g/mol. The van der Waals surface area contributed by atoms with E-state index in [0.717, 1.165) is 108 Å². The van der Waals surface area contributed by atoms with Gasteiger partial charge in [-0.05, 0) is 209 Å². The lowest BCUT2D eigenvalue weighted by molar-refractivity contribution is -0.146. The van der Waals surface area contributed by atoms with Crippen LogP contribution in [-0.2, 0) is 0 Å². The molecule has 3 heteroatoms. The second-order valence-corrected chi connectivity index (χ2v) is 20.8. The van der Waals surface area contributed by atoms with Crippen LogP contribution >= 0.6 is 11.6 Å². The fourth-order valence-corrected chi connectivity index (χ4v) is 15.3. The van der Waals surface area contributed by atoms with Crippen LogP contribution in [0.3, 0.4) is 0 Å². The average Bonchev–Trinajstić information content (AvgIpc) is 3.59. The molecule has 2 nitrogen and oxygen atoms in total. The van der Waals surface area contributed by atoms with Crippen LogP contribution in [0.15, 0.2) is 140 Å². The number of nitrogens with zero attached hydrogens (tertiary/aromatic N) is 2. The summed E-state index contributed by atoms with van der Waals surface area (Å²) in [5, 5.41) is 0.718. The Bertz CT molecular complexity index is 2800. The zero-order valence-electron chi connectivity index (χ0n) is 34.5. The predicted octanol–water partition coefficient (Wildman–Crippen LogP) is 15.5. The maximum atomic E-state index is 7.01. The smallest absolute Gasteiger partial charge is 0.0702 e. The van der Waals surface area contributed by atoms with Gasteiger partial charge >= 0.3 is 0 Å². The number of fused-ring (bicyclic) bond motifs is 4. The van der Waals surface area contributed by atoms with Crippen molar-refractivity contribution < 1.29 is 0 Å². The second-order valence-electron chi connectivity index (χ2n) is 20.3. The van der Waals surface area contributed by atoms with Gasteiger partial charge in [0, 0.05) is 39.7 Å². The summed E-state index contributed by atoms with van der Waals surface area (Å²) in [5.74, 6) is 6.89. The van der Waals surface area contributed by atoms with Crippen LogP contribution in [0.5, 0.6) is 0 Å². The fourth-order valence-electron chi connectivity index (χ4n) is 15.0. The van der Waals surface area contributed by atoms with Crippen molar-refractivity contribution in [2.75, 3.05) is 0 Å². The predicted molar refractivity (Wildman–Crippen MR) is 249 cm³/mol. The third kappa shape index (κ3) is 5.27. The molecule has 15 rings (SSSR count). The third-order valence-corrected chi connectivity index (χ3v) is 17.8. The van der Waals surface area contributed by atoms with E-state index in [1.54, 1.807) is 22.3 Å². The van der Waals surface area contributed by atoms with E-state index in [1.807, 2.05) is 0 Å². The summed E-state index contributed by atoms with van der Waals surface area (Å²) < 4.78 is 0. The van der Waals surface area contributed by atoms with Gasteiger partial charge in [-0.15, -0.1) is 0 Å². The van der Waals surface area contributed by atoms with Crippen LogP contribution in [-0.4, -0.2) is 9.97 Å². The van der Waals surface area contributed by atoms with Crippen LogP contribution in [0.4, 0.5) is 0 Å². The molecule has 2 heterocycles. The maximum absolute atomic E-state index is 7.01. The Labute approximate surface area is 364 Å². The SMILES string of the molecule is Clc1cc(-c2ccccc2-c2ccc(-c3ccc4c(c3)C3CC5CC(CC4C5)C3)nc2)cc(-c2ccccc2-c2ccc(-c3ccc4c(c3)C3CC5CC6CC4CC653)nc2)c1. The van der Waals surface area contributed by atoms with Crippen molar-refractivity contribution in [3.05, 3.63) is 167 Å². The first-order chi connectivity index (χ1) is 30.0. The molecule has 8 aliphatic carbocycles. The first-order valence-corrected chi connectivity index (χ1v) is 23.6. The first kappa shape index (κ1) is 35.3. The molecule has 298 valence electrons. The molecule has 0 radical (unpaired) electrons. The summed E-state index contributed by atoms with van der Waals surface area (Å²) in [5.41, 5.74) is 20.8. The minimum Gasteiger partial charge on any atom is -0.256 e. The molecule has 61 heavy (non-hydrogen) atoms. The Morgan fingerprint density at radius 1 is 0.410 bits per heavy atom. The van der Waals surface area contributed by atoms with Gasteiger partial charge < -0.3 is 0 Å². The van der Waals surface area contributed by atoms with Gasteiger partial charge in [0.15, 0.2) is 0 Å². The van der Waals surface area contributed by atoms with Crippen molar-refractivity contribution >= 4 is 11.6 Å². The molecule has 5 saturated carbocycles. The zero-order valence-corrected chi connectivity index (χ0v) is 35.3. The molecule has 0 aliphatic heterocycles. The van der Waals surface area contributed by atoms with E-state index in [9.17, 15) is 0 Å². The molecule has 5 fully saturated rings. The zero-order chi connectivity index (χ0) is 40.0. The van der Waals surface area contributed by atoms with Crippen molar-refractivity contribution in [3.8, 4) is 67.0 Å². The Morgan fingerprint density at radius 3 is 1.48 bits per heavy atom. The number of hydrogen-bond acceptors (Lipinski definition) is 2. The molecule has 0 amide bonds. The number of halogens is 1. The van der Waals surface area contributed by atoms with Gasteiger partial charge in [-0.1, -0.05) is 96.5 Å². The Kier molecular flexibility index (Phi) is 7.58. The fraction of sp³-hybridized carbons (Fsp3) is 0.310. The number of rotatable bonds is 6. The van der Waals surface area contributed by atoms with Gasteiger partial charge in [-0.2, -0.15) is 0 Å². The Balaban J connectivity index is 0.758. The molecular weight excluding hydrogens is 760 g/mol. The lowest BCUT2D eigenvalue weighted by Gasteiger charge is -2.68. The van der Waals surface area contributed by atoms with Gasteiger partial charge in [-0.25, -0.2) is 0 Å². The van der Waals surface area contributed by atoms with Crippen LogP contribution in [0, 0.1) is 29.1 Å². The highest BCUT2D eigenvalue weighted by atomic mass is 35.5. The number of pyridine rings is 2. The second kappa shape index (κ2) is 13.1. The van der Waals surface area contributed by atoms with Crippen molar-refractivity contribution in [1.29, 1.82) is 0 Å². The van der Waals surface area contributed by atoms with Crippen molar-refractivity contribution in [2.24, 2.45) is 29.1 Å². The van der Waals surface area contributed by atoms with E-state index in [0.29, 0.717) is 5.41 Å². The summed E-state index contributed by atoms with van der Waals surface area (Å²) in [6.07, 6.45) is 16.9. The highest BCUT2D eigenvalue weighted by Gasteiger charge is 2.71. The van der Waals surface area contributed by atoms with E-state index in [-0.39, 0.29) is 0 Å². The molecule has 7 atom stereocenters. The van der Waals surface area contributed by atoms with E-state index < -0.39 is 0 Å². The Morgan fingerprint density at radius 2 is 0.918 bits per heavy atom. The molecule has 2 aromatic heterocycles. The highest BCUT2D eigenvalue weighted by Crippen LogP contribution is 2.81. The lowest BCUT2D eigenvalue weighted by Crippen LogP contribution is -2.59. The number of aromatic nitrogens is 2. The summed E-state index contributed by atoms with van der Waals surface area (Å²) in [6.45, 7) is 0. The topological polar surface area (TPSA) is 25.8 Å². The van der Waals surface area contributed by atoms with Gasteiger partial charge in [0.05, 0.1) is 11.4 Å². The van der Waals surface area contributed by atoms with Crippen LogP contribution < -0.4 is 0 Å². The van der Waals surface area contributed by atoms with E-state index in [1.165, 1.54) is 68.9 Å². The Hall–Kier alpha value is -5.31. The minimum atomic E-state index is 0.656. The van der Waals surface area contributed by atoms with E-state index in [4.69, 9.17) is 21.6 Å². The molecular formula is C58H49ClN2. The number of benzene rings is 5. The summed E-state index contributed by atoms with van der Waals surface area (Å²) in [6, 6.07) is 47.3. The van der Waals surface area contributed by atoms with Crippen LogP contribution in [0.25, 0.3) is 67.0 Å². The van der Waals surface area contributed by atoms with Crippen molar-refractivity contribution in [1.82, 2.24) is 9.97 Å². The standard InChI is InChI=1S/C58H49ClN2/c59-46-24-41(49-7-3-1-5-47(49)37-11-15-56(60-31-37)35-9-13-51-39-18-33-17-34(19-39)21-40(20-33)53(51)26-35)22-42(25-46)50-8-4-2-6-48(50)38-12-16-57(61-32-38)36-10-14-52-43-23-44-28-45-29-55(54(52)27-36)58(44,45)30-43/h1-16,22,24-27,31-34,39-40,43-45,55H,17-21,23,28-30H2. The van der Waals surface area contributed by atoms with Crippen LogP contribution in [0.2, 0.25) is 5.02 Å². The summed E-state index contributed by atoms with van der Waals surface area (Å²) in [4.78, 5) is 10.2. The maximum Gasteiger partial charge on any atom is 0.0702 e. The van der Waals surface area contributed by atoms with E-state index >= 15 is 0 Å². The largest absolute Gasteiger partial charge is 0.256 e. The molecule has 6 bridgehead atoms. The van der Waals surface area contributed by atoms with Crippen molar-refractivity contribution in [2.45, 2.75) is 81.5 Å². The van der Waals surface area contributed by atoms with Gasteiger partial charge in [0.2, 0.25) is 0 Å². The molecule has 7 unspecified atom stereocenters. The third-order valence-electron chi connectivity index (χ3n) is 17.5. The molecule has 7 aromatic rings. The van der Waals surface area contributed by atoms with Gasteiger partial charge in [0.25, 0.3) is 0 Å².